The first-order chi connectivity index (χ1) is 15.4. The first-order valence-corrected chi connectivity index (χ1v) is 11.6. The highest BCUT2D eigenvalue weighted by molar-refractivity contribution is 5.45. The summed E-state index contributed by atoms with van der Waals surface area (Å²) in [6.45, 7) is 0. The van der Waals surface area contributed by atoms with E-state index in [2.05, 4.69) is 11.8 Å². The molecule has 0 aliphatic heterocycles. The van der Waals surface area contributed by atoms with Gasteiger partial charge in [-0.15, -0.1) is 0 Å². The molecule has 0 saturated heterocycles. The van der Waals surface area contributed by atoms with Crippen molar-refractivity contribution in [2.45, 2.75) is 70.1 Å². The number of rotatable bonds is 4. The summed E-state index contributed by atoms with van der Waals surface area (Å²) >= 11 is 0. The fourth-order valence-electron chi connectivity index (χ4n) is 5.27. The predicted octanol–water partition coefficient (Wildman–Crippen LogP) is 8.03. The molecule has 5 heteroatoms. The third kappa shape index (κ3) is 5.34. The van der Waals surface area contributed by atoms with Crippen LogP contribution in [0.3, 0.4) is 0 Å². The van der Waals surface area contributed by atoms with Crippen molar-refractivity contribution in [2.24, 2.45) is 11.8 Å². The van der Waals surface area contributed by atoms with E-state index < -0.39 is 34.6 Å². The summed E-state index contributed by atoms with van der Waals surface area (Å²) in [5.41, 5.74) is -0.0111. The molecule has 0 bridgehead atoms. The fraction of sp³-hybridized carbons (Fsp3) is 0.481. The van der Waals surface area contributed by atoms with E-state index in [0.717, 1.165) is 31.6 Å². The van der Waals surface area contributed by atoms with Crippen LogP contribution < -0.4 is 0 Å². The minimum absolute atomic E-state index is 0.129. The zero-order chi connectivity index (χ0) is 22.7. The van der Waals surface area contributed by atoms with Crippen LogP contribution in [0.5, 0.6) is 0 Å². The van der Waals surface area contributed by atoms with E-state index in [-0.39, 0.29) is 11.5 Å². The van der Waals surface area contributed by atoms with Crippen molar-refractivity contribution in [1.82, 2.24) is 0 Å². The molecule has 2 aliphatic rings. The van der Waals surface area contributed by atoms with Gasteiger partial charge in [0.15, 0.2) is 17.5 Å². The lowest BCUT2D eigenvalue weighted by molar-refractivity contribution is 0.286. The highest BCUT2D eigenvalue weighted by Crippen LogP contribution is 2.40. The van der Waals surface area contributed by atoms with Crippen LogP contribution in [0.25, 0.3) is 0 Å². The quantitative estimate of drug-likeness (QED) is 0.253. The van der Waals surface area contributed by atoms with Crippen molar-refractivity contribution in [3.63, 3.8) is 0 Å². The second-order valence-corrected chi connectivity index (χ2v) is 9.31. The third-order valence-corrected chi connectivity index (χ3v) is 7.16. The Labute approximate surface area is 186 Å². The fourth-order valence-corrected chi connectivity index (χ4v) is 5.27. The van der Waals surface area contributed by atoms with Crippen molar-refractivity contribution < 1.29 is 22.0 Å². The second-order valence-electron chi connectivity index (χ2n) is 9.31. The summed E-state index contributed by atoms with van der Waals surface area (Å²) in [5.74, 6) is 0.360. The maximum Gasteiger partial charge on any atom is 0.194 e. The average Bonchev–Trinajstić information content (AvgIpc) is 3.29. The first-order valence-electron chi connectivity index (χ1n) is 11.6. The van der Waals surface area contributed by atoms with Crippen molar-refractivity contribution >= 4 is 0 Å². The molecule has 2 aromatic rings. The molecule has 0 spiro atoms. The molecule has 0 nitrogen and oxygen atoms in total. The summed E-state index contributed by atoms with van der Waals surface area (Å²) < 4.78 is 68.9. The lowest BCUT2D eigenvalue weighted by atomic mass is 9.76. The zero-order valence-electron chi connectivity index (χ0n) is 18.0. The molecule has 0 amide bonds. The normalized spacial score (nSPS) is 21.4. The van der Waals surface area contributed by atoms with E-state index in [1.165, 1.54) is 50.7 Å². The van der Waals surface area contributed by atoms with Crippen LogP contribution in [0.4, 0.5) is 22.0 Å². The smallest absolute Gasteiger partial charge is 0.194 e. The molecule has 170 valence electrons. The summed E-state index contributed by atoms with van der Waals surface area (Å²) in [5, 5.41) is 0. The number of benzene rings is 2. The van der Waals surface area contributed by atoms with E-state index in [4.69, 9.17) is 0 Å². The maximum atomic E-state index is 14.6. The number of halogens is 5. The summed E-state index contributed by atoms with van der Waals surface area (Å²) in [4.78, 5) is 0. The van der Waals surface area contributed by atoms with Gasteiger partial charge in [0.2, 0.25) is 0 Å². The Bertz CT molecular complexity index is 972. The molecular weight excluding hydrogens is 419 g/mol. The third-order valence-electron chi connectivity index (χ3n) is 7.16. The van der Waals surface area contributed by atoms with Crippen LogP contribution in [0.15, 0.2) is 24.3 Å². The Morgan fingerprint density at radius 3 is 1.72 bits per heavy atom. The van der Waals surface area contributed by atoms with E-state index in [1.54, 1.807) is 0 Å². The Morgan fingerprint density at radius 2 is 1.16 bits per heavy atom. The van der Waals surface area contributed by atoms with Crippen LogP contribution in [0.1, 0.15) is 86.8 Å². The van der Waals surface area contributed by atoms with Crippen LogP contribution >= 0.6 is 0 Å². The molecule has 0 radical (unpaired) electrons. The van der Waals surface area contributed by atoms with Gasteiger partial charge in [-0.3, -0.25) is 0 Å². The van der Waals surface area contributed by atoms with Crippen LogP contribution in [0.2, 0.25) is 0 Å². The molecule has 0 heterocycles. The second kappa shape index (κ2) is 10.1. The Morgan fingerprint density at radius 1 is 0.625 bits per heavy atom. The van der Waals surface area contributed by atoms with E-state index in [1.807, 2.05) is 0 Å². The molecular formula is C27H27F5. The largest absolute Gasteiger partial charge is 0.206 e. The molecule has 2 saturated carbocycles. The lowest BCUT2D eigenvalue weighted by Crippen LogP contribution is -2.15. The van der Waals surface area contributed by atoms with Crippen molar-refractivity contribution in [1.29, 1.82) is 0 Å². The highest BCUT2D eigenvalue weighted by atomic mass is 19.2. The minimum atomic E-state index is -1.61. The van der Waals surface area contributed by atoms with Crippen LogP contribution in [-0.2, 0) is 0 Å². The Balaban J connectivity index is 1.40. The molecule has 0 aromatic heterocycles. The van der Waals surface area contributed by atoms with Crippen molar-refractivity contribution in [3.05, 3.63) is 70.0 Å². The molecule has 0 unspecified atom stereocenters. The standard InChI is InChI=1S/C27H27F5/c28-23-15-21(20-10-7-18(8-11-20)6-5-17-3-1-2-4-17)16-24(29)22(23)12-9-19-13-25(30)27(32)26(31)14-19/h13-18,20H,1-8,10-11H2. The van der Waals surface area contributed by atoms with Gasteiger partial charge in [0.25, 0.3) is 0 Å². The predicted molar refractivity (Wildman–Crippen MR) is 115 cm³/mol. The Hall–Kier alpha value is -2.35. The van der Waals surface area contributed by atoms with Gasteiger partial charge >= 0.3 is 0 Å². The van der Waals surface area contributed by atoms with Gasteiger partial charge in [-0.2, -0.15) is 0 Å². The molecule has 2 aromatic carbocycles. The van der Waals surface area contributed by atoms with Gasteiger partial charge in [-0.05, 0) is 73.3 Å². The monoisotopic (exact) mass is 446 g/mol. The summed E-state index contributed by atoms with van der Waals surface area (Å²) in [6.07, 6.45) is 12.1. The van der Waals surface area contributed by atoms with Gasteiger partial charge in [0.05, 0.1) is 5.56 Å². The Kier molecular flexibility index (Phi) is 7.18. The van der Waals surface area contributed by atoms with Crippen LogP contribution in [0, 0.1) is 52.8 Å². The van der Waals surface area contributed by atoms with Gasteiger partial charge in [-0.25, -0.2) is 22.0 Å². The van der Waals surface area contributed by atoms with Gasteiger partial charge in [0, 0.05) is 5.56 Å². The molecule has 32 heavy (non-hydrogen) atoms. The molecule has 2 fully saturated rings. The minimum Gasteiger partial charge on any atom is -0.206 e. The average molecular weight is 447 g/mol. The zero-order valence-corrected chi connectivity index (χ0v) is 18.0. The van der Waals surface area contributed by atoms with Crippen LogP contribution in [-0.4, -0.2) is 0 Å². The summed E-state index contributed by atoms with van der Waals surface area (Å²) in [7, 11) is 0. The lowest BCUT2D eigenvalue weighted by Gasteiger charge is -2.29. The molecule has 2 aliphatic carbocycles. The molecule has 0 N–H and O–H groups in total. The molecule has 4 rings (SSSR count). The van der Waals surface area contributed by atoms with Crippen molar-refractivity contribution in [3.8, 4) is 11.8 Å². The van der Waals surface area contributed by atoms with Gasteiger partial charge in [-0.1, -0.05) is 50.4 Å². The van der Waals surface area contributed by atoms with Crippen molar-refractivity contribution in [2.75, 3.05) is 0 Å². The van der Waals surface area contributed by atoms with Gasteiger partial charge in [0.1, 0.15) is 11.6 Å². The van der Waals surface area contributed by atoms with E-state index >= 15 is 0 Å². The number of hydrogen-bond acceptors (Lipinski definition) is 0. The van der Waals surface area contributed by atoms with Gasteiger partial charge < -0.3 is 0 Å². The first kappa shape index (κ1) is 22.8. The maximum absolute atomic E-state index is 14.6. The number of hydrogen-bond donors (Lipinski definition) is 0. The van der Waals surface area contributed by atoms with E-state index in [0.29, 0.717) is 23.6 Å². The SMILES string of the molecule is Fc1cc(C#Cc2c(F)cc(C3CCC(CCC4CCCC4)CC3)cc2F)cc(F)c1F. The molecule has 0 atom stereocenters. The van der Waals surface area contributed by atoms with E-state index in [9.17, 15) is 22.0 Å². The highest BCUT2D eigenvalue weighted by Gasteiger charge is 2.25. The topological polar surface area (TPSA) is 0 Å². The summed E-state index contributed by atoms with van der Waals surface area (Å²) in [6, 6.07) is 4.03.